The normalized spacial score (nSPS) is 18.0. The van der Waals surface area contributed by atoms with Gasteiger partial charge in [0.2, 0.25) is 5.92 Å². The molecule has 0 unspecified atom stereocenters. The number of Topliss-reactive ketones (excluding diaryl/α,β-unsaturated/α-hetero) is 4. The van der Waals surface area contributed by atoms with Gasteiger partial charge < -0.3 is 14.2 Å². The van der Waals surface area contributed by atoms with Gasteiger partial charge in [-0.1, -0.05) is 96.8 Å². The van der Waals surface area contributed by atoms with Crippen LogP contribution in [0.1, 0.15) is 244 Å². The van der Waals surface area contributed by atoms with Gasteiger partial charge in [0.1, 0.15) is 52.4 Å². The second-order valence-electron chi connectivity index (χ2n) is 27.8. The number of hydrogen-bond donors (Lipinski definition) is 0. The Morgan fingerprint density at radius 1 is 0.365 bits per heavy atom. The number of rotatable bonds is 20. The number of alkyl halides is 2. The van der Waals surface area contributed by atoms with E-state index in [9.17, 15) is 49.9 Å². The fraction of sp³-hybridized carbons (Fsp3) is 0.463. The summed E-state index contributed by atoms with van der Waals surface area (Å²) >= 11 is 0. The van der Waals surface area contributed by atoms with Crippen molar-refractivity contribution in [2.45, 2.75) is 216 Å². The zero-order valence-corrected chi connectivity index (χ0v) is 59.0. The van der Waals surface area contributed by atoms with Crippen LogP contribution in [0.4, 0.5) is 30.7 Å². The predicted molar refractivity (Wildman–Crippen MR) is 380 cm³/mol. The lowest BCUT2D eigenvalue weighted by molar-refractivity contribution is -0.185. The quantitative estimate of drug-likeness (QED) is 0.0515. The van der Waals surface area contributed by atoms with Crippen LogP contribution in [0.3, 0.4) is 0 Å². The second-order valence-corrected chi connectivity index (χ2v) is 27.8. The molecule has 0 bridgehead atoms. The van der Waals surface area contributed by atoms with Gasteiger partial charge in [0, 0.05) is 168 Å². The number of nitrogens with zero attached hydrogens (tertiary/aromatic N) is 8. The van der Waals surface area contributed by atoms with E-state index in [1.807, 2.05) is 43.3 Å². The van der Waals surface area contributed by atoms with Crippen molar-refractivity contribution in [3.05, 3.63) is 237 Å². The molecule has 5 fully saturated rings. The third-order valence-electron chi connectivity index (χ3n) is 21.2. The van der Waals surface area contributed by atoms with E-state index >= 15 is 0 Å². The van der Waals surface area contributed by atoms with E-state index in [0.717, 1.165) is 87.1 Å². The van der Waals surface area contributed by atoms with Gasteiger partial charge in [-0.25, -0.2) is 70.6 Å². The van der Waals surface area contributed by atoms with Crippen LogP contribution in [0, 0.1) is 29.1 Å². The maximum absolute atomic E-state index is 14.4. The van der Waals surface area contributed by atoms with Crippen molar-refractivity contribution < 1.29 is 64.1 Å². The van der Waals surface area contributed by atoms with Gasteiger partial charge in [-0.3, -0.25) is 19.2 Å². The minimum atomic E-state index is -2.59. The number of ether oxygens (including phenoxy) is 3. The molecule has 15 nitrogen and oxygen atoms in total. The largest absolute Gasteiger partial charge is 0.381 e. The molecule has 13 rings (SSSR count). The lowest BCUT2D eigenvalue weighted by atomic mass is 9.65. The van der Waals surface area contributed by atoms with Crippen molar-refractivity contribution >= 4 is 23.1 Å². The smallest absolute Gasteiger partial charge is 0.248 e. The first-order valence-electron chi connectivity index (χ1n) is 35.9. The van der Waals surface area contributed by atoms with Gasteiger partial charge in [0.15, 0.2) is 28.9 Å². The molecule has 3 aliphatic carbocycles. The molecule has 0 radical (unpaired) electrons. The fourth-order valence-corrected chi connectivity index (χ4v) is 15.0. The minimum absolute atomic E-state index is 0. The Kier molecular flexibility index (Phi) is 27.4. The highest BCUT2D eigenvalue weighted by Gasteiger charge is 2.48. The molecule has 22 heteroatoms. The first kappa shape index (κ1) is 79.4. The van der Waals surface area contributed by atoms with Gasteiger partial charge in [0.05, 0.1) is 35.5 Å². The highest BCUT2D eigenvalue weighted by atomic mass is 19.3. The van der Waals surface area contributed by atoms with Crippen LogP contribution < -0.4 is 0 Å². The highest BCUT2D eigenvalue weighted by molar-refractivity contribution is 5.96. The van der Waals surface area contributed by atoms with Gasteiger partial charge >= 0.3 is 0 Å². The van der Waals surface area contributed by atoms with Crippen molar-refractivity contribution in [2.75, 3.05) is 26.4 Å². The van der Waals surface area contributed by atoms with Gasteiger partial charge in [-0.15, -0.1) is 0 Å². The molecule has 552 valence electrons. The molecule has 8 aromatic rings. The van der Waals surface area contributed by atoms with Crippen LogP contribution in [0.25, 0.3) is 0 Å². The Balaban J connectivity index is 0.000000161. The molecule has 2 saturated heterocycles. The van der Waals surface area contributed by atoms with Gasteiger partial charge in [-0.2, -0.15) is 0 Å². The molecule has 4 aromatic carbocycles. The standard InChI is InChI=1S/C22H25FN2O3.2C20H22F2N2O.C19H20F2N2O2.CH4/c1-2-19(26)16-14-24-20(25-15-16)13-21(17-4-3-5-18(23)12-17)6-8-22(9-7-21)27-10-11-28-22;1-2-18(25)14-12-23-19(24-13-14)11-20(6-4-3-5-7-20)15-8-16(21)10-17(22)9-15;1-2-17(25)15-13-23-18(24-14-15)12-19(16-6-4-3-5-7-16)8-10-20(21,22)11-9-19;1-2-17(24)13-11-22-18(23-12-13)10-19(5-7-25-8-6-19)15-9-14(20)3-4-16(15)21;/h3-5,12,14-15H,2,6-11,13H2,1H3;8-10,12-13H,2-7,11H2,1H3;3-7,13-14H,2,8-12H2,1H3;3-4,9,11-12H,2,5-8,10H2,1H3;1H4. The second kappa shape index (κ2) is 35.8. The van der Waals surface area contributed by atoms with Crippen molar-refractivity contribution in [1.29, 1.82) is 0 Å². The maximum atomic E-state index is 14.4. The van der Waals surface area contributed by atoms with E-state index in [-0.39, 0.29) is 65.5 Å². The average molecular weight is 1440 g/mol. The molecule has 2 aliphatic heterocycles. The average Bonchev–Trinajstić information content (AvgIpc) is 1.01. The molecular formula is C82H93F7N8O7. The van der Waals surface area contributed by atoms with E-state index in [4.69, 9.17) is 14.2 Å². The van der Waals surface area contributed by atoms with Crippen LogP contribution in [-0.4, -0.2) is 101 Å². The van der Waals surface area contributed by atoms with Gasteiger partial charge in [0.25, 0.3) is 0 Å². The summed E-state index contributed by atoms with van der Waals surface area (Å²) in [5.41, 5.74) is 3.41. The molecular weight excluding hydrogens is 1340 g/mol. The lowest BCUT2D eigenvalue weighted by Gasteiger charge is -2.44. The minimum Gasteiger partial charge on any atom is -0.381 e. The maximum Gasteiger partial charge on any atom is 0.248 e. The van der Waals surface area contributed by atoms with Crippen molar-refractivity contribution in [2.24, 2.45) is 0 Å². The summed E-state index contributed by atoms with van der Waals surface area (Å²) in [6, 6.07) is 23.9. The predicted octanol–water partition coefficient (Wildman–Crippen LogP) is 17.8. The monoisotopic (exact) mass is 1430 g/mol. The summed E-state index contributed by atoms with van der Waals surface area (Å²) < 4.78 is 114. The van der Waals surface area contributed by atoms with E-state index in [2.05, 4.69) is 39.9 Å². The first-order valence-corrected chi connectivity index (χ1v) is 35.9. The Bertz CT molecular complexity index is 4110. The van der Waals surface area contributed by atoms with Crippen molar-refractivity contribution in [3.63, 3.8) is 0 Å². The molecule has 4 aromatic heterocycles. The third-order valence-corrected chi connectivity index (χ3v) is 21.2. The number of carbonyl (C=O) groups excluding carboxylic acids is 4. The Labute approximate surface area is 604 Å². The summed E-state index contributed by atoms with van der Waals surface area (Å²) in [5, 5.41) is 0. The first-order chi connectivity index (χ1) is 49.5. The number of aromatic nitrogens is 8. The van der Waals surface area contributed by atoms with E-state index in [1.165, 1.54) is 36.7 Å². The summed E-state index contributed by atoms with van der Waals surface area (Å²) in [7, 11) is 0. The van der Waals surface area contributed by atoms with Crippen LogP contribution in [0.5, 0.6) is 0 Å². The van der Waals surface area contributed by atoms with Crippen LogP contribution >= 0.6 is 0 Å². The Morgan fingerprint density at radius 3 is 1.16 bits per heavy atom. The SMILES string of the molecule is C.CCC(=O)c1cnc(CC2(c3cc(F)cc(F)c3)CCCCC2)nc1.CCC(=O)c1cnc(CC2(c3cc(F)ccc3F)CCOCC2)nc1.CCC(=O)c1cnc(CC2(c3cccc(F)c3)CCC3(CC2)OCCO3)nc1.CCC(=O)c1cnc(CC2(c3ccccc3)CCC(F)(F)CC2)nc1. The molecule has 0 amide bonds. The topological polar surface area (TPSA) is 199 Å². The number of ketones is 4. The van der Waals surface area contributed by atoms with Crippen LogP contribution in [0.15, 0.2) is 141 Å². The molecule has 1 spiro atoms. The number of halogens is 7. The zero-order chi connectivity index (χ0) is 73.3. The number of hydrogen-bond acceptors (Lipinski definition) is 15. The molecule has 3 saturated carbocycles. The zero-order valence-electron chi connectivity index (χ0n) is 59.0. The molecule has 0 atom stereocenters. The summed E-state index contributed by atoms with van der Waals surface area (Å²) in [6.45, 7) is 9.39. The van der Waals surface area contributed by atoms with E-state index in [1.54, 1.807) is 70.1 Å². The number of carbonyl (C=O) groups is 4. The lowest BCUT2D eigenvalue weighted by Crippen LogP contribution is -2.43. The van der Waals surface area contributed by atoms with Crippen LogP contribution in [0.2, 0.25) is 0 Å². The summed E-state index contributed by atoms with van der Waals surface area (Å²) in [6.07, 6.45) is 25.7. The Hall–Kier alpha value is -8.73. The highest BCUT2D eigenvalue weighted by Crippen LogP contribution is 2.50. The van der Waals surface area contributed by atoms with E-state index in [0.29, 0.717) is 160 Å². The summed E-state index contributed by atoms with van der Waals surface area (Å²) in [4.78, 5) is 81.7. The molecule has 5 aliphatic rings. The van der Waals surface area contributed by atoms with Crippen molar-refractivity contribution in [1.82, 2.24) is 39.9 Å². The van der Waals surface area contributed by atoms with Crippen molar-refractivity contribution in [3.8, 4) is 0 Å². The molecule has 104 heavy (non-hydrogen) atoms. The Morgan fingerprint density at radius 2 is 0.740 bits per heavy atom. The van der Waals surface area contributed by atoms with Crippen LogP contribution in [-0.2, 0) is 61.6 Å². The van der Waals surface area contributed by atoms with Gasteiger partial charge in [-0.05, 0) is 116 Å². The van der Waals surface area contributed by atoms with E-state index < -0.39 is 40.4 Å². The molecule has 0 N–H and O–H groups in total. The fourth-order valence-electron chi connectivity index (χ4n) is 15.0. The summed E-state index contributed by atoms with van der Waals surface area (Å²) in [5.74, 6) is -2.91. The number of benzene rings is 4. The molecule has 6 heterocycles. The third kappa shape index (κ3) is 20.0.